The molecule has 0 radical (unpaired) electrons. The third kappa shape index (κ3) is 5.98. The average Bonchev–Trinajstić information content (AvgIpc) is 3.32. The van der Waals surface area contributed by atoms with Gasteiger partial charge in [0.1, 0.15) is 16.9 Å². The van der Waals surface area contributed by atoms with Crippen molar-refractivity contribution < 1.29 is 20.1 Å². The predicted molar refractivity (Wildman–Crippen MR) is 133 cm³/mol. The lowest BCUT2D eigenvalue weighted by Gasteiger charge is -2.28. The van der Waals surface area contributed by atoms with E-state index in [2.05, 4.69) is 25.3 Å². The fourth-order valence-corrected chi connectivity index (χ4v) is 4.64. The van der Waals surface area contributed by atoms with Gasteiger partial charge in [-0.15, -0.1) is 11.3 Å². The van der Waals surface area contributed by atoms with Gasteiger partial charge in [0.05, 0.1) is 36.1 Å². The molecule has 0 aliphatic heterocycles. The van der Waals surface area contributed by atoms with Gasteiger partial charge < -0.3 is 31.1 Å². The van der Waals surface area contributed by atoms with Gasteiger partial charge in [0.15, 0.2) is 5.88 Å². The molecule has 2 aromatic heterocycles. The first-order chi connectivity index (χ1) is 16.0. The van der Waals surface area contributed by atoms with Crippen LogP contribution in [0.25, 0.3) is 10.6 Å². The van der Waals surface area contributed by atoms with Crippen molar-refractivity contribution in [2.24, 2.45) is 16.6 Å². The molecule has 0 unspecified atom stereocenters. The Morgan fingerprint density at radius 2 is 2.06 bits per heavy atom. The molecule has 0 spiro atoms. The molecular weight excluding hydrogens is 456 g/mol. The lowest BCUT2D eigenvalue weighted by molar-refractivity contribution is -0.0601. The smallest absolute Gasteiger partial charge is 0.251 e. The number of methoxy groups -OCH3 is 1. The summed E-state index contributed by atoms with van der Waals surface area (Å²) in [4.78, 5) is 17.9. The highest BCUT2D eigenvalue weighted by Crippen LogP contribution is 2.38. The van der Waals surface area contributed by atoms with Gasteiger partial charge in [0, 0.05) is 29.3 Å². The summed E-state index contributed by atoms with van der Waals surface area (Å²) < 4.78 is 5.01. The summed E-state index contributed by atoms with van der Waals surface area (Å²) in [6.07, 6.45) is 4.90. The van der Waals surface area contributed by atoms with Gasteiger partial charge in [-0.1, -0.05) is 6.08 Å². The minimum Gasteiger partial charge on any atom is -0.483 e. The summed E-state index contributed by atoms with van der Waals surface area (Å²) in [7, 11) is 1.46. The van der Waals surface area contributed by atoms with Crippen LogP contribution in [0.5, 0.6) is 0 Å². The molecule has 3 rings (SSSR count). The molecule has 1 saturated carbocycles. The van der Waals surface area contributed by atoms with E-state index in [9.17, 15) is 15.3 Å². The van der Waals surface area contributed by atoms with Crippen molar-refractivity contribution in [2.45, 2.75) is 58.0 Å². The van der Waals surface area contributed by atoms with Crippen LogP contribution in [0.15, 0.2) is 40.7 Å². The number of thiazole rings is 1. The highest BCUT2D eigenvalue weighted by atomic mass is 32.1. The highest BCUT2D eigenvalue weighted by Gasteiger charge is 2.47. The molecular formula is C23H32N6O4S. The van der Waals surface area contributed by atoms with Crippen LogP contribution in [0.3, 0.4) is 0 Å². The third-order valence-corrected chi connectivity index (χ3v) is 6.62. The van der Waals surface area contributed by atoms with E-state index in [0.29, 0.717) is 28.5 Å². The Morgan fingerprint density at radius 1 is 1.32 bits per heavy atom. The van der Waals surface area contributed by atoms with Crippen LogP contribution in [0.1, 0.15) is 32.9 Å². The number of aryl methyl sites for hydroxylation is 1. The number of aliphatic hydroxyl groups is 3. The normalized spacial score (nSPS) is 24.1. The number of allylic oxidation sites excluding steroid dienone is 3. The quantitative estimate of drug-likeness (QED) is 0.277. The van der Waals surface area contributed by atoms with Crippen LogP contribution < -0.4 is 11.1 Å². The molecule has 1 aliphatic rings. The first-order valence-electron chi connectivity index (χ1n) is 10.9. The lowest BCUT2D eigenvalue weighted by atomic mass is 9.88. The highest BCUT2D eigenvalue weighted by molar-refractivity contribution is 7.13. The Bertz CT molecular complexity index is 1090. The molecule has 4 atom stereocenters. The van der Waals surface area contributed by atoms with E-state index in [1.807, 2.05) is 19.2 Å². The predicted octanol–water partition coefficient (Wildman–Crippen LogP) is 2.30. The number of hydrogen-bond donors (Lipinski definition) is 5. The Balaban J connectivity index is 2.02. The molecule has 1 fully saturated rings. The van der Waals surface area contributed by atoms with Gasteiger partial charge in [-0.25, -0.2) is 15.0 Å². The van der Waals surface area contributed by atoms with Crippen LogP contribution >= 0.6 is 11.3 Å². The van der Waals surface area contributed by atoms with Crippen LogP contribution in [0.4, 0.5) is 11.8 Å². The third-order valence-electron chi connectivity index (χ3n) is 5.63. The number of aliphatic hydroxyl groups excluding tert-OH is 2. The van der Waals surface area contributed by atoms with Gasteiger partial charge in [0.2, 0.25) is 0 Å². The van der Waals surface area contributed by atoms with Gasteiger partial charge in [-0.05, 0) is 40.2 Å². The number of nitrogens with one attached hydrogen (secondary N) is 1. The fraction of sp³-hybridized carbons (Fsp3) is 0.478. The summed E-state index contributed by atoms with van der Waals surface area (Å²) in [5.41, 5.74) is 6.61. The van der Waals surface area contributed by atoms with Crippen molar-refractivity contribution in [3.63, 3.8) is 0 Å². The topological polar surface area (TPSA) is 159 Å². The second-order valence-corrected chi connectivity index (χ2v) is 9.60. The molecule has 1 aliphatic carbocycles. The van der Waals surface area contributed by atoms with Crippen molar-refractivity contribution in [1.82, 2.24) is 15.0 Å². The summed E-state index contributed by atoms with van der Waals surface area (Å²) >= 11 is 1.45. The summed E-state index contributed by atoms with van der Waals surface area (Å²) in [5.74, 6) is 0.262. The molecule has 0 bridgehead atoms. The summed E-state index contributed by atoms with van der Waals surface area (Å²) in [5, 5.41) is 37.5. The minimum atomic E-state index is -1.15. The average molecular weight is 489 g/mol. The number of hydrogen-bond acceptors (Lipinski definition) is 11. The van der Waals surface area contributed by atoms with Gasteiger partial charge in [0.25, 0.3) is 5.95 Å². The van der Waals surface area contributed by atoms with E-state index >= 15 is 0 Å². The first kappa shape index (κ1) is 25.8. The van der Waals surface area contributed by atoms with E-state index in [-0.39, 0.29) is 11.8 Å². The molecule has 184 valence electrons. The molecule has 10 nitrogen and oxygen atoms in total. The number of ether oxygens (including phenoxy) is 1. The fourth-order valence-electron chi connectivity index (χ4n) is 3.83. The Hall–Kier alpha value is -2.86. The molecule has 0 aromatic carbocycles. The molecule has 2 aromatic rings. The van der Waals surface area contributed by atoms with Crippen LogP contribution in [0.2, 0.25) is 0 Å². The van der Waals surface area contributed by atoms with E-state index < -0.39 is 29.8 Å². The molecule has 2 heterocycles. The SMILES string of the molecule is C/C=C\C(C=C(N)OC)=Nc1ncc(-c2nc(C)cs2)c(N[C@@H]2C[C@H](C(C)(C)O)[C@@H](O)[C@H]2O)n1. The maximum absolute atomic E-state index is 10.7. The molecule has 34 heavy (non-hydrogen) atoms. The molecule has 0 amide bonds. The molecule has 11 heteroatoms. The van der Waals surface area contributed by atoms with E-state index in [1.54, 1.807) is 38.3 Å². The summed E-state index contributed by atoms with van der Waals surface area (Å²) in [6.45, 7) is 6.99. The van der Waals surface area contributed by atoms with Crippen molar-refractivity contribution in [3.05, 3.63) is 41.4 Å². The Labute approximate surface area is 203 Å². The number of nitrogens with zero attached hydrogens (tertiary/aromatic N) is 4. The van der Waals surface area contributed by atoms with Crippen molar-refractivity contribution >= 4 is 28.8 Å². The van der Waals surface area contributed by atoms with E-state index in [1.165, 1.54) is 18.4 Å². The minimum absolute atomic E-state index is 0.167. The standard InChI is InChI=1S/C23H32N6O4S/c1-6-7-13(8-17(24)33-5)27-22-25-10-14(21-26-12(2)11-34-21)20(29-22)28-16-9-15(23(3,4)32)18(30)19(16)31/h6-8,10-11,15-16,18-19,30-32H,9,24H2,1-5H3,(H,25,28,29)/b7-6-,17-8?,27-13?/t15-,16+,18+,19-/m0/s1. The van der Waals surface area contributed by atoms with Gasteiger partial charge in [-0.3, -0.25) is 0 Å². The molecule has 0 saturated heterocycles. The zero-order chi connectivity index (χ0) is 25.0. The Morgan fingerprint density at radius 3 is 2.62 bits per heavy atom. The first-order valence-corrected chi connectivity index (χ1v) is 11.8. The van der Waals surface area contributed by atoms with E-state index in [4.69, 9.17) is 10.5 Å². The number of anilines is 1. The zero-order valence-electron chi connectivity index (χ0n) is 19.9. The van der Waals surface area contributed by atoms with Gasteiger partial charge in [-0.2, -0.15) is 4.98 Å². The van der Waals surface area contributed by atoms with E-state index in [0.717, 1.165) is 5.69 Å². The number of aromatic nitrogens is 3. The lowest BCUT2D eigenvalue weighted by Crippen LogP contribution is -2.40. The second-order valence-electron chi connectivity index (χ2n) is 8.74. The van der Waals surface area contributed by atoms with Crippen LogP contribution in [0, 0.1) is 12.8 Å². The van der Waals surface area contributed by atoms with Crippen LogP contribution in [-0.4, -0.2) is 66.9 Å². The largest absolute Gasteiger partial charge is 0.483 e. The number of aliphatic imine (C=N–C) groups is 1. The maximum atomic E-state index is 10.7. The van der Waals surface area contributed by atoms with Crippen LogP contribution in [-0.2, 0) is 4.74 Å². The number of rotatable bonds is 8. The van der Waals surface area contributed by atoms with Crippen molar-refractivity contribution in [2.75, 3.05) is 12.4 Å². The summed E-state index contributed by atoms with van der Waals surface area (Å²) in [6, 6.07) is -0.544. The Kier molecular flexibility index (Phi) is 8.03. The van der Waals surface area contributed by atoms with Crippen molar-refractivity contribution in [1.29, 1.82) is 0 Å². The van der Waals surface area contributed by atoms with Gasteiger partial charge >= 0.3 is 0 Å². The monoisotopic (exact) mass is 488 g/mol. The number of nitrogens with two attached hydrogens (primary N) is 1. The van der Waals surface area contributed by atoms with Crippen molar-refractivity contribution in [3.8, 4) is 10.6 Å². The molecule has 6 N–H and O–H groups in total. The zero-order valence-corrected chi connectivity index (χ0v) is 20.7. The second kappa shape index (κ2) is 10.6. The maximum Gasteiger partial charge on any atom is 0.251 e.